The first-order valence-electron chi connectivity index (χ1n) is 11.4. The number of carboxylic acid groups (broad SMARTS) is 1. The van der Waals surface area contributed by atoms with Crippen LogP contribution in [0.25, 0.3) is 0 Å². The van der Waals surface area contributed by atoms with Gasteiger partial charge in [0.05, 0.1) is 6.04 Å². The smallest absolute Gasteiger partial charge is 0.341 e. The molecular formula is C28H29NO4. The van der Waals surface area contributed by atoms with Gasteiger partial charge in [-0.1, -0.05) is 60.7 Å². The first kappa shape index (κ1) is 22.6. The summed E-state index contributed by atoms with van der Waals surface area (Å²) < 4.78 is 5.56. The van der Waals surface area contributed by atoms with Gasteiger partial charge < -0.3 is 19.5 Å². The number of benzene rings is 3. The Kier molecular flexibility index (Phi) is 7.40. The highest BCUT2D eigenvalue weighted by molar-refractivity contribution is 5.69. The van der Waals surface area contributed by atoms with Crippen LogP contribution < -0.4 is 9.64 Å². The Hall–Kier alpha value is -3.60. The molecule has 1 N–H and O–H groups in total. The molecule has 0 aliphatic heterocycles. The zero-order valence-corrected chi connectivity index (χ0v) is 18.6. The number of aliphatic carboxylic acids is 1. The molecule has 5 heteroatoms. The van der Waals surface area contributed by atoms with Crippen molar-refractivity contribution in [2.75, 3.05) is 11.5 Å². The highest BCUT2D eigenvalue weighted by atomic mass is 16.5. The number of carbonyl (C=O) groups is 2. The second kappa shape index (κ2) is 10.8. The second-order valence-electron chi connectivity index (χ2n) is 8.48. The maximum Gasteiger partial charge on any atom is 0.341 e. The van der Waals surface area contributed by atoms with Gasteiger partial charge in [0, 0.05) is 12.2 Å². The number of aldehydes is 1. The first-order valence-corrected chi connectivity index (χ1v) is 11.4. The summed E-state index contributed by atoms with van der Waals surface area (Å²) in [6, 6.07) is 25.8. The third kappa shape index (κ3) is 5.61. The molecule has 0 spiro atoms. The van der Waals surface area contributed by atoms with E-state index in [2.05, 4.69) is 23.1 Å². The van der Waals surface area contributed by atoms with Crippen molar-refractivity contribution in [2.45, 2.75) is 44.2 Å². The van der Waals surface area contributed by atoms with Gasteiger partial charge in [-0.25, -0.2) is 4.79 Å². The van der Waals surface area contributed by atoms with Gasteiger partial charge in [-0.15, -0.1) is 0 Å². The average molecular weight is 444 g/mol. The van der Waals surface area contributed by atoms with Crippen molar-refractivity contribution in [2.24, 2.45) is 0 Å². The Morgan fingerprint density at radius 1 is 1.03 bits per heavy atom. The molecule has 2 unspecified atom stereocenters. The monoisotopic (exact) mass is 443 g/mol. The number of rotatable bonds is 10. The summed E-state index contributed by atoms with van der Waals surface area (Å²) in [6.07, 6.45) is 4.60. The summed E-state index contributed by atoms with van der Waals surface area (Å²) in [5, 5.41) is 9.00. The Bertz CT molecular complexity index is 1070. The van der Waals surface area contributed by atoms with Gasteiger partial charge in [-0.05, 0) is 66.5 Å². The molecule has 3 aromatic carbocycles. The van der Waals surface area contributed by atoms with Gasteiger partial charge in [-0.2, -0.15) is 0 Å². The van der Waals surface area contributed by atoms with E-state index >= 15 is 0 Å². The van der Waals surface area contributed by atoms with Gasteiger partial charge >= 0.3 is 5.97 Å². The zero-order chi connectivity index (χ0) is 23.0. The summed E-state index contributed by atoms with van der Waals surface area (Å²) in [4.78, 5) is 25.6. The average Bonchev–Trinajstić information content (AvgIpc) is 2.86. The summed E-state index contributed by atoms with van der Waals surface area (Å²) in [5.41, 5.74) is 4.42. The van der Waals surface area contributed by atoms with Crippen LogP contribution in [0.4, 0.5) is 5.69 Å². The molecule has 2 atom stereocenters. The molecule has 0 aromatic heterocycles. The second-order valence-corrected chi connectivity index (χ2v) is 8.48. The molecule has 0 radical (unpaired) electrons. The quantitative estimate of drug-likeness (QED) is 0.435. The molecule has 0 fully saturated rings. The van der Waals surface area contributed by atoms with Crippen LogP contribution in [0.15, 0.2) is 78.9 Å². The molecule has 0 saturated heterocycles. The zero-order valence-electron chi connectivity index (χ0n) is 18.6. The molecule has 0 saturated carbocycles. The van der Waals surface area contributed by atoms with E-state index in [1.54, 1.807) is 0 Å². The number of nitrogens with zero attached hydrogens (tertiary/aromatic N) is 1. The Morgan fingerprint density at radius 2 is 1.76 bits per heavy atom. The van der Waals surface area contributed by atoms with Gasteiger partial charge in [0.15, 0.2) is 6.61 Å². The fourth-order valence-corrected chi connectivity index (χ4v) is 4.78. The number of para-hydroxylation sites is 1. The number of anilines is 1. The van der Waals surface area contributed by atoms with Gasteiger partial charge in [0.1, 0.15) is 12.0 Å². The van der Waals surface area contributed by atoms with Gasteiger partial charge in [0.2, 0.25) is 0 Å². The number of hydrogen-bond donors (Lipinski definition) is 1. The largest absolute Gasteiger partial charge is 0.482 e. The lowest BCUT2D eigenvalue weighted by molar-refractivity contribution is -0.139. The molecule has 170 valence electrons. The van der Waals surface area contributed by atoms with Crippen LogP contribution in [0.1, 0.15) is 41.9 Å². The number of hydrogen-bond acceptors (Lipinski definition) is 4. The maximum atomic E-state index is 12.4. The topological polar surface area (TPSA) is 66.8 Å². The van der Waals surface area contributed by atoms with Crippen LogP contribution in [0.2, 0.25) is 0 Å². The van der Waals surface area contributed by atoms with E-state index in [0.29, 0.717) is 18.7 Å². The van der Waals surface area contributed by atoms with E-state index < -0.39 is 5.97 Å². The summed E-state index contributed by atoms with van der Waals surface area (Å²) in [5.74, 6) is -0.133. The van der Waals surface area contributed by atoms with Gasteiger partial charge in [-0.3, -0.25) is 0 Å². The molecule has 0 bridgehead atoms. The molecule has 1 aliphatic carbocycles. The Labute approximate surface area is 194 Å². The van der Waals surface area contributed by atoms with Crippen molar-refractivity contribution in [1.29, 1.82) is 0 Å². The molecule has 1 aliphatic rings. The van der Waals surface area contributed by atoms with Gasteiger partial charge in [0.25, 0.3) is 0 Å². The predicted molar refractivity (Wildman–Crippen MR) is 129 cm³/mol. The lowest BCUT2D eigenvalue weighted by Crippen LogP contribution is -2.37. The number of carboxylic acids is 1. The summed E-state index contributed by atoms with van der Waals surface area (Å²) >= 11 is 0. The third-order valence-corrected chi connectivity index (χ3v) is 6.31. The van der Waals surface area contributed by atoms with Crippen LogP contribution in [-0.4, -0.2) is 30.0 Å². The normalized spacial score (nSPS) is 15.8. The summed E-state index contributed by atoms with van der Waals surface area (Å²) in [6.45, 7) is 0.298. The lowest BCUT2D eigenvalue weighted by atomic mass is 9.79. The van der Waals surface area contributed by atoms with Crippen molar-refractivity contribution in [3.63, 3.8) is 0 Å². The van der Waals surface area contributed by atoms with E-state index in [9.17, 15) is 9.59 Å². The van der Waals surface area contributed by atoms with Crippen LogP contribution >= 0.6 is 0 Å². The van der Waals surface area contributed by atoms with Crippen LogP contribution in [-0.2, 0) is 22.6 Å². The molecule has 3 aromatic rings. The fourth-order valence-electron chi connectivity index (χ4n) is 4.78. The van der Waals surface area contributed by atoms with E-state index in [0.717, 1.165) is 42.4 Å². The minimum Gasteiger partial charge on any atom is -0.482 e. The molecule has 33 heavy (non-hydrogen) atoms. The number of carbonyl (C=O) groups excluding carboxylic acids is 1. The molecular weight excluding hydrogens is 414 g/mol. The highest BCUT2D eigenvalue weighted by Gasteiger charge is 2.28. The van der Waals surface area contributed by atoms with E-state index in [4.69, 9.17) is 9.84 Å². The minimum atomic E-state index is -0.986. The minimum absolute atomic E-state index is 0.208. The molecule has 0 amide bonds. The van der Waals surface area contributed by atoms with Crippen molar-refractivity contribution < 1.29 is 19.4 Å². The van der Waals surface area contributed by atoms with Crippen molar-refractivity contribution in [3.05, 3.63) is 95.6 Å². The van der Waals surface area contributed by atoms with Crippen LogP contribution in [0, 0.1) is 0 Å². The van der Waals surface area contributed by atoms with E-state index in [-0.39, 0.29) is 18.6 Å². The van der Waals surface area contributed by atoms with E-state index in [1.807, 2.05) is 60.7 Å². The van der Waals surface area contributed by atoms with E-state index in [1.165, 1.54) is 5.56 Å². The maximum absolute atomic E-state index is 12.4. The molecule has 4 rings (SSSR count). The highest BCUT2D eigenvalue weighted by Crippen LogP contribution is 2.40. The molecule has 5 nitrogen and oxygen atoms in total. The first-order chi connectivity index (χ1) is 16.2. The Morgan fingerprint density at radius 3 is 2.45 bits per heavy atom. The Balaban J connectivity index is 1.60. The standard InChI is InChI=1S/C28H29NO4/c30-19-24(29(23-12-5-2-6-13-23)18-21-9-3-1-4-10-21)17-22-11-7-15-26-25(22)14-8-16-27(26)33-20-28(31)32/h1-6,8-10,12-14,16,19,22,24H,7,11,15,17-18,20H2,(H,31,32). The number of ether oxygens (including phenoxy) is 1. The fraction of sp³-hybridized carbons (Fsp3) is 0.286. The van der Waals surface area contributed by atoms with Crippen LogP contribution in [0.5, 0.6) is 5.75 Å². The number of fused-ring (bicyclic) bond motifs is 1. The van der Waals surface area contributed by atoms with Crippen molar-refractivity contribution >= 4 is 17.9 Å². The predicted octanol–water partition coefficient (Wildman–Crippen LogP) is 5.23. The van der Waals surface area contributed by atoms with Crippen molar-refractivity contribution in [1.82, 2.24) is 0 Å². The van der Waals surface area contributed by atoms with Crippen LogP contribution in [0.3, 0.4) is 0 Å². The lowest BCUT2D eigenvalue weighted by Gasteiger charge is -2.35. The van der Waals surface area contributed by atoms with Crippen molar-refractivity contribution in [3.8, 4) is 5.75 Å². The third-order valence-electron chi connectivity index (χ3n) is 6.31. The summed E-state index contributed by atoms with van der Waals surface area (Å²) in [7, 11) is 0. The molecule has 0 heterocycles. The SMILES string of the molecule is O=CC(CC1CCCc2c(OCC(=O)O)cccc21)N(Cc1ccccc1)c1ccccc1.